The van der Waals surface area contributed by atoms with E-state index in [2.05, 4.69) is 5.32 Å². The molecule has 0 fully saturated rings. The summed E-state index contributed by atoms with van der Waals surface area (Å²) in [4.78, 5) is 27.6. The Morgan fingerprint density at radius 2 is 1.74 bits per heavy atom. The van der Waals surface area contributed by atoms with Crippen LogP contribution in [0.1, 0.15) is 33.3 Å². The van der Waals surface area contributed by atoms with Crippen molar-refractivity contribution >= 4 is 27.5 Å². The number of hydrogen-bond donors (Lipinski definition) is 1. The van der Waals surface area contributed by atoms with Crippen LogP contribution < -0.4 is 14.4 Å². The minimum absolute atomic E-state index is 0.0204. The molecule has 0 saturated heterocycles. The molecule has 0 radical (unpaired) electrons. The van der Waals surface area contributed by atoms with Crippen LogP contribution in [0.4, 0.5) is 10.1 Å². The maximum Gasteiger partial charge on any atom is 0.244 e. The summed E-state index contributed by atoms with van der Waals surface area (Å²) >= 11 is 0. The number of anilines is 1. The van der Waals surface area contributed by atoms with Crippen LogP contribution in [0.5, 0.6) is 5.75 Å². The molecule has 0 bridgehead atoms. The van der Waals surface area contributed by atoms with Crippen molar-refractivity contribution in [3.63, 3.8) is 0 Å². The quantitative estimate of drug-likeness (QED) is 0.580. The van der Waals surface area contributed by atoms with Gasteiger partial charge in [-0.2, -0.15) is 0 Å². The van der Waals surface area contributed by atoms with Gasteiger partial charge in [-0.1, -0.05) is 18.2 Å². The van der Waals surface area contributed by atoms with Crippen molar-refractivity contribution in [1.29, 1.82) is 0 Å². The van der Waals surface area contributed by atoms with Gasteiger partial charge in [0.25, 0.3) is 0 Å². The lowest BCUT2D eigenvalue weighted by molar-refractivity contribution is -0.140. The molecule has 1 N–H and O–H groups in total. The molecular weight excluding hydrogens is 461 g/mol. The Morgan fingerprint density at radius 3 is 2.24 bits per heavy atom. The minimum Gasteiger partial charge on any atom is -0.497 e. The Labute approximate surface area is 200 Å². The lowest BCUT2D eigenvalue weighted by atomic mass is 10.1. The molecule has 2 aromatic rings. The van der Waals surface area contributed by atoms with E-state index >= 15 is 0 Å². The molecule has 0 aliphatic heterocycles. The van der Waals surface area contributed by atoms with Gasteiger partial charge < -0.3 is 15.0 Å². The summed E-state index contributed by atoms with van der Waals surface area (Å²) in [6.45, 7) is 6.51. The molecule has 0 unspecified atom stereocenters. The van der Waals surface area contributed by atoms with E-state index in [0.717, 1.165) is 22.2 Å². The highest BCUT2D eigenvalue weighted by Gasteiger charge is 2.31. The molecule has 10 heteroatoms. The second-order valence-electron chi connectivity index (χ2n) is 9.03. The fraction of sp³-hybridized carbons (Fsp3) is 0.417. The van der Waals surface area contributed by atoms with Crippen LogP contribution in [0.15, 0.2) is 48.5 Å². The monoisotopic (exact) mass is 493 g/mol. The second kappa shape index (κ2) is 10.9. The summed E-state index contributed by atoms with van der Waals surface area (Å²) in [5.41, 5.74) is 0.217. The van der Waals surface area contributed by atoms with Crippen molar-refractivity contribution in [2.45, 2.75) is 45.8 Å². The van der Waals surface area contributed by atoms with E-state index in [1.807, 2.05) is 20.8 Å². The van der Waals surface area contributed by atoms with Gasteiger partial charge in [0.2, 0.25) is 21.8 Å². The number of benzene rings is 2. The molecule has 2 aromatic carbocycles. The predicted molar refractivity (Wildman–Crippen MR) is 129 cm³/mol. The highest BCUT2D eigenvalue weighted by Crippen LogP contribution is 2.21. The smallest absolute Gasteiger partial charge is 0.244 e. The fourth-order valence-corrected chi connectivity index (χ4v) is 4.07. The normalized spacial score (nSPS) is 12.6. The Bertz CT molecular complexity index is 1110. The number of hydrogen-bond acceptors (Lipinski definition) is 5. The third-order valence-corrected chi connectivity index (χ3v) is 6.09. The zero-order valence-corrected chi connectivity index (χ0v) is 21.1. The molecule has 0 aromatic heterocycles. The number of amides is 2. The third kappa shape index (κ3) is 7.72. The summed E-state index contributed by atoms with van der Waals surface area (Å²) < 4.78 is 44.7. The zero-order valence-electron chi connectivity index (χ0n) is 20.3. The van der Waals surface area contributed by atoms with Gasteiger partial charge in [0.1, 0.15) is 24.2 Å². The van der Waals surface area contributed by atoms with Crippen molar-refractivity contribution in [1.82, 2.24) is 10.2 Å². The molecule has 0 aliphatic carbocycles. The van der Waals surface area contributed by atoms with E-state index in [1.165, 1.54) is 30.2 Å². The highest BCUT2D eigenvalue weighted by atomic mass is 32.2. The van der Waals surface area contributed by atoms with Gasteiger partial charge in [0, 0.05) is 12.1 Å². The van der Waals surface area contributed by atoms with Crippen molar-refractivity contribution < 1.29 is 27.1 Å². The molecule has 8 nitrogen and oxygen atoms in total. The topological polar surface area (TPSA) is 96.0 Å². The highest BCUT2D eigenvalue weighted by molar-refractivity contribution is 7.92. The average Bonchev–Trinajstić information content (AvgIpc) is 2.73. The summed E-state index contributed by atoms with van der Waals surface area (Å²) in [6, 6.07) is 11.1. The van der Waals surface area contributed by atoms with Crippen LogP contribution in [0.2, 0.25) is 0 Å². The molecule has 186 valence electrons. The number of sulfonamides is 1. The largest absolute Gasteiger partial charge is 0.497 e. The van der Waals surface area contributed by atoms with Crippen LogP contribution in [0.3, 0.4) is 0 Å². The average molecular weight is 494 g/mol. The maximum absolute atomic E-state index is 13.8. The van der Waals surface area contributed by atoms with Crippen molar-refractivity contribution in [2.24, 2.45) is 0 Å². The van der Waals surface area contributed by atoms with Crippen LogP contribution in [-0.2, 0) is 26.2 Å². The van der Waals surface area contributed by atoms with E-state index in [-0.39, 0.29) is 18.1 Å². The number of nitrogens with zero attached hydrogens (tertiary/aromatic N) is 2. The Hall–Kier alpha value is -3.14. The van der Waals surface area contributed by atoms with Gasteiger partial charge in [0.05, 0.1) is 19.1 Å². The minimum atomic E-state index is -3.92. The number of nitrogens with one attached hydrogen (secondary N) is 1. The van der Waals surface area contributed by atoms with E-state index in [1.54, 1.807) is 31.2 Å². The summed E-state index contributed by atoms with van der Waals surface area (Å²) in [5.74, 6) is -0.991. The fourth-order valence-electron chi connectivity index (χ4n) is 3.23. The Kier molecular flexibility index (Phi) is 8.66. The molecule has 2 amide bonds. The third-order valence-electron chi connectivity index (χ3n) is 4.95. The van der Waals surface area contributed by atoms with Crippen LogP contribution in [0.25, 0.3) is 0 Å². The summed E-state index contributed by atoms with van der Waals surface area (Å²) in [7, 11) is -2.38. The van der Waals surface area contributed by atoms with E-state index < -0.39 is 39.9 Å². The van der Waals surface area contributed by atoms with E-state index in [0.29, 0.717) is 5.75 Å². The van der Waals surface area contributed by atoms with Crippen LogP contribution in [0, 0.1) is 5.82 Å². The molecule has 0 aliphatic rings. The number of ether oxygens (including phenoxy) is 1. The first-order chi connectivity index (χ1) is 15.7. The number of methoxy groups -OCH3 is 1. The first-order valence-electron chi connectivity index (χ1n) is 10.7. The number of rotatable bonds is 9. The molecule has 0 saturated carbocycles. The summed E-state index contributed by atoms with van der Waals surface area (Å²) in [6.07, 6.45) is 0.939. The summed E-state index contributed by atoms with van der Waals surface area (Å²) in [5, 5.41) is 2.85. The van der Waals surface area contributed by atoms with Gasteiger partial charge in [-0.15, -0.1) is 0 Å². The molecule has 0 heterocycles. The maximum atomic E-state index is 13.8. The van der Waals surface area contributed by atoms with Gasteiger partial charge in [-0.25, -0.2) is 12.8 Å². The first-order valence-corrected chi connectivity index (χ1v) is 12.5. The standard InChI is InChI=1S/C24H32FN3O5S/c1-17(23(30)26-24(2,3)4)27(15-18-10-12-21(33-5)13-11-18)22(29)16-28(34(6,31)32)20-9-7-8-19(25)14-20/h7-14,17H,15-16H2,1-6H3,(H,26,30)/t17-/m1/s1. The van der Waals surface area contributed by atoms with E-state index in [4.69, 9.17) is 4.74 Å². The number of carbonyl (C=O) groups excluding carboxylic acids is 2. The molecule has 0 spiro atoms. The lowest BCUT2D eigenvalue weighted by Gasteiger charge is -2.33. The number of halogens is 1. The zero-order chi connectivity index (χ0) is 25.7. The van der Waals surface area contributed by atoms with Crippen molar-refractivity contribution in [3.8, 4) is 5.75 Å². The van der Waals surface area contributed by atoms with Gasteiger partial charge >= 0.3 is 0 Å². The second-order valence-corrected chi connectivity index (χ2v) is 10.9. The van der Waals surface area contributed by atoms with Crippen molar-refractivity contribution in [3.05, 3.63) is 59.9 Å². The number of carbonyl (C=O) groups is 2. The van der Waals surface area contributed by atoms with Gasteiger partial charge in [-0.3, -0.25) is 13.9 Å². The Balaban J connectivity index is 2.40. The van der Waals surface area contributed by atoms with Crippen molar-refractivity contribution in [2.75, 3.05) is 24.2 Å². The lowest BCUT2D eigenvalue weighted by Crippen LogP contribution is -2.54. The van der Waals surface area contributed by atoms with E-state index in [9.17, 15) is 22.4 Å². The van der Waals surface area contributed by atoms with Crippen LogP contribution >= 0.6 is 0 Å². The predicted octanol–water partition coefficient (Wildman–Crippen LogP) is 2.93. The molecule has 2 rings (SSSR count). The SMILES string of the molecule is COc1ccc(CN(C(=O)CN(c2cccc(F)c2)S(C)(=O)=O)[C@H](C)C(=O)NC(C)(C)C)cc1. The van der Waals surface area contributed by atoms with Gasteiger partial charge in [0.15, 0.2) is 0 Å². The molecule has 1 atom stereocenters. The van der Waals surface area contributed by atoms with Crippen LogP contribution in [-0.4, -0.2) is 56.6 Å². The van der Waals surface area contributed by atoms with Gasteiger partial charge in [-0.05, 0) is 63.6 Å². The molecular formula is C24H32FN3O5S. The first kappa shape index (κ1) is 27.1. The molecule has 34 heavy (non-hydrogen) atoms. The Morgan fingerprint density at radius 1 is 1.12 bits per heavy atom.